The molecule has 232 valence electrons. The van der Waals surface area contributed by atoms with Crippen LogP contribution >= 0.6 is 23.2 Å². The number of aromatic nitrogens is 2. The highest BCUT2D eigenvalue weighted by Crippen LogP contribution is 2.30. The summed E-state index contributed by atoms with van der Waals surface area (Å²) in [6, 6.07) is 25.5. The summed E-state index contributed by atoms with van der Waals surface area (Å²) in [5, 5.41) is 3.09. The molecule has 2 heterocycles. The second kappa shape index (κ2) is 13.7. The lowest BCUT2D eigenvalue weighted by molar-refractivity contribution is -0.108. The van der Waals surface area contributed by atoms with Crippen molar-refractivity contribution in [1.82, 2.24) is 9.13 Å². The Kier molecular flexibility index (Phi) is 9.71. The number of nitrogens with zero attached hydrogens (tertiary/aromatic N) is 2. The smallest absolute Gasteiger partial charge is 0.262 e. The largest absolute Gasteiger partial charge is 0.303 e. The third-order valence-corrected chi connectivity index (χ3v) is 8.65. The van der Waals surface area contributed by atoms with Crippen molar-refractivity contribution in [3.8, 4) is 0 Å². The zero-order valence-electron chi connectivity index (χ0n) is 25.9. The van der Waals surface area contributed by atoms with Crippen molar-refractivity contribution in [2.45, 2.75) is 40.5 Å². The highest BCUT2D eigenvalue weighted by atomic mass is 35.5. The molecule has 0 saturated carbocycles. The molecule has 4 aromatic carbocycles. The molecule has 0 unspecified atom stereocenters. The summed E-state index contributed by atoms with van der Waals surface area (Å²) < 4.78 is 3.35. The van der Waals surface area contributed by atoms with Gasteiger partial charge in [-0.25, -0.2) is 0 Å². The van der Waals surface area contributed by atoms with Crippen LogP contribution in [0, 0.1) is 27.7 Å². The van der Waals surface area contributed by atoms with Gasteiger partial charge in [-0.05, 0) is 112 Å². The van der Waals surface area contributed by atoms with E-state index in [0.717, 1.165) is 68.0 Å². The summed E-state index contributed by atoms with van der Waals surface area (Å²) in [6.45, 7) is 7.75. The van der Waals surface area contributed by atoms with Crippen LogP contribution in [-0.4, -0.2) is 33.5 Å². The normalized spacial score (nSPS) is 10.9. The third kappa shape index (κ3) is 6.32. The molecule has 0 aliphatic rings. The lowest BCUT2D eigenvalue weighted by Crippen LogP contribution is -2.13. The summed E-state index contributed by atoms with van der Waals surface area (Å²) >= 11 is 11.8. The molecular weight excluding hydrogens is 619 g/mol. The van der Waals surface area contributed by atoms with Crippen LogP contribution in [0.15, 0.2) is 84.9 Å². The van der Waals surface area contributed by atoms with Crippen molar-refractivity contribution >= 4 is 69.4 Å². The van der Waals surface area contributed by atoms with E-state index in [1.807, 2.05) is 64.1 Å². The van der Waals surface area contributed by atoms with Crippen LogP contribution in [0.2, 0.25) is 10.0 Å². The maximum absolute atomic E-state index is 12.9. The maximum atomic E-state index is 12.9. The highest BCUT2D eigenvalue weighted by molar-refractivity contribution is 6.31. The zero-order valence-corrected chi connectivity index (χ0v) is 27.4. The number of fused-ring (bicyclic) bond motifs is 2. The molecule has 46 heavy (non-hydrogen) atoms. The minimum Gasteiger partial charge on any atom is -0.303 e. The molecule has 0 spiro atoms. The standard InChI is InChI=1S/2C19H16ClNO2/c2*1-12-3-8-18-17(11-12)16(9-10-22)13(2)21(18)19(23)14-4-6-15(20)7-5-14/h2*3-8,10-11H,9H2,1-2H3. The first kappa shape index (κ1) is 32.6. The fourth-order valence-electron chi connectivity index (χ4n) is 5.84. The molecule has 0 atom stereocenters. The van der Waals surface area contributed by atoms with E-state index < -0.39 is 0 Å². The van der Waals surface area contributed by atoms with Crippen LogP contribution in [0.25, 0.3) is 21.8 Å². The Balaban J connectivity index is 0.000000181. The van der Waals surface area contributed by atoms with Gasteiger partial charge in [-0.3, -0.25) is 18.7 Å². The van der Waals surface area contributed by atoms with E-state index in [1.165, 1.54) is 0 Å². The van der Waals surface area contributed by atoms with Crippen molar-refractivity contribution in [2.75, 3.05) is 0 Å². The van der Waals surface area contributed by atoms with Gasteiger partial charge in [-0.15, -0.1) is 0 Å². The van der Waals surface area contributed by atoms with Gasteiger partial charge in [-0.1, -0.05) is 46.5 Å². The Labute approximate surface area is 277 Å². The fraction of sp³-hybridized carbons (Fsp3) is 0.158. The van der Waals surface area contributed by atoms with Gasteiger partial charge in [0.2, 0.25) is 0 Å². The van der Waals surface area contributed by atoms with Crippen LogP contribution in [0.1, 0.15) is 54.4 Å². The summed E-state index contributed by atoms with van der Waals surface area (Å²) in [5.41, 5.74) is 8.38. The molecule has 0 aliphatic carbocycles. The molecule has 6 rings (SSSR count). The van der Waals surface area contributed by atoms with Gasteiger partial charge >= 0.3 is 0 Å². The molecule has 0 saturated heterocycles. The van der Waals surface area contributed by atoms with E-state index in [2.05, 4.69) is 0 Å². The van der Waals surface area contributed by atoms with Crippen molar-refractivity contribution in [1.29, 1.82) is 0 Å². The summed E-state index contributed by atoms with van der Waals surface area (Å²) in [5.74, 6) is -0.240. The number of halogens is 2. The fourth-order valence-corrected chi connectivity index (χ4v) is 6.09. The molecule has 6 aromatic rings. The van der Waals surface area contributed by atoms with E-state index in [9.17, 15) is 19.2 Å². The Morgan fingerprint density at radius 2 is 0.913 bits per heavy atom. The van der Waals surface area contributed by atoms with E-state index in [4.69, 9.17) is 23.2 Å². The number of hydrogen-bond acceptors (Lipinski definition) is 4. The number of carbonyl (C=O) groups excluding carboxylic acids is 4. The SMILES string of the molecule is Cc1ccc2c(c1)c(CC=O)c(C)n2C(=O)c1ccc(Cl)cc1.Cc1ccc2c(c1)c(CC=O)c(C)n2C(=O)c1ccc(Cl)cc1. The first-order chi connectivity index (χ1) is 22.0. The Hall–Kier alpha value is -4.78. The number of hydrogen-bond donors (Lipinski definition) is 0. The van der Waals surface area contributed by atoms with Gasteiger partial charge in [0.15, 0.2) is 0 Å². The van der Waals surface area contributed by atoms with Gasteiger partial charge in [0.1, 0.15) is 12.6 Å². The third-order valence-electron chi connectivity index (χ3n) is 8.14. The minimum absolute atomic E-state index is 0.120. The van der Waals surface area contributed by atoms with Crippen molar-refractivity contribution in [2.24, 2.45) is 0 Å². The average Bonchev–Trinajstić information content (AvgIpc) is 3.46. The van der Waals surface area contributed by atoms with Gasteiger partial charge < -0.3 is 9.59 Å². The number of aldehydes is 2. The maximum Gasteiger partial charge on any atom is 0.262 e. The molecule has 2 aromatic heterocycles. The first-order valence-corrected chi connectivity index (χ1v) is 15.5. The average molecular weight is 652 g/mol. The molecular formula is C38H32Cl2N2O4. The number of aryl methyl sites for hydroxylation is 2. The minimum atomic E-state index is -0.120. The number of carbonyl (C=O) groups is 4. The topological polar surface area (TPSA) is 78.1 Å². The van der Waals surface area contributed by atoms with Crippen molar-refractivity contribution in [3.63, 3.8) is 0 Å². The molecule has 0 aliphatic heterocycles. The Bertz CT molecular complexity index is 1970. The molecule has 0 fully saturated rings. The van der Waals surface area contributed by atoms with Crippen LogP contribution in [0.5, 0.6) is 0 Å². The number of benzene rings is 4. The second-order valence-corrected chi connectivity index (χ2v) is 12.1. The Morgan fingerprint density at radius 1 is 0.565 bits per heavy atom. The van der Waals surface area contributed by atoms with Gasteiger partial charge in [0.25, 0.3) is 11.8 Å². The van der Waals surface area contributed by atoms with Crippen LogP contribution in [-0.2, 0) is 22.4 Å². The summed E-state index contributed by atoms with van der Waals surface area (Å²) in [7, 11) is 0. The van der Waals surface area contributed by atoms with Crippen LogP contribution in [0.4, 0.5) is 0 Å². The van der Waals surface area contributed by atoms with Crippen LogP contribution < -0.4 is 0 Å². The molecule has 0 N–H and O–H groups in total. The monoisotopic (exact) mass is 650 g/mol. The molecule has 8 heteroatoms. The van der Waals surface area contributed by atoms with Crippen molar-refractivity contribution in [3.05, 3.63) is 140 Å². The summed E-state index contributed by atoms with van der Waals surface area (Å²) in [6.07, 6.45) is 2.35. The summed E-state index contributed by atoms with van der Waals surface area (Å²) in [4.78, 5) is 47.9. The molecule has 0 amide bonds. The van der Waals surface area contributed by atoms with E-state index in [1.54, 1.807) is 57.7 Å². The highest BCUT2D eigenvalue weighted by Gasteiger charge is 2.21. The Morgan fingerprint density at radius 3 is 1.24 bits per heavy atom. The van der Waals surface area contributed by atoms with Gasteiger partial charge in [0, 0.05) is 56.2 Å². The molecule has 0 bridgehead atoms. The van der Waals surface area contributed by atoms with E-state index >= 15 is 0 Å². The lowest BCUT2D eigenvalue weighted by atomic mass is 10.1. The zero-order chi connectivity index (χ0) is 33.1. The number of rotatable bonds is 6. The second-order valence-electron chi connectivity index (χ2n) is 11.2. The first-order valence-electron chi connectivity index (χ1n) is 14.7. The van der Waals surface area contributed by atoms with E-state index in [-0.39, 0.29) is 11.8 Å². The quantitative estimate of drug-likeness (QED) is 0.169. The molecule has 0 radical (unpaired) electrons. The van der Waals surface area contributed by atoms with Crippen LogP contribution in [0.3, 0.4) is 0 Å². The predicted octanol–water partition coefficient (Wildman–Crippen LogP) is 8.68. The predicted molar refractivity (Wildman–Crippen MR) is 185 cm³/mol. The van der Waals surface area contributed by atoms with Crippen molar-refractivity contribution < 1.29 is 19.2 Å². The molecule has 6 nitrogen and oxygen atoms in total. The van der Waals surface area contributed by atoms with E-state index in [0.29, 0.717) is 34.0 Å². The lowest BCUT2D eigenvalue weighted by Gasteiger charge is -2.07. The van der Waals surface area contributed by atoms with Gasteiger partial charge in [-0.2, -0.15) is 0 Å². The van der Waals surface area contributed by atoms with Gasteiger partial charge in [0.05, 0.1) is 11.0 Å².